The van der Waals surface area contributed by atoms with Gasteiger partial charge in [0.15, 0.2) is 0 Å². The fourth-order valence-corrected chi connectivity index (χ4v) is 7.74. The number of anilines is 3. The van der Waals surface area contributed by atoms with Crippen molar-refractivity contribution in [3.63, 3.8) is 0 Å². The van der Waals surface area contributed by atoms with Gasteiger partial charge in [-0.25, -0.2) is 0 Å². The maximum absolute atomic E-state index is 4.90. The van der Waals surface area contributed by atoms with Gasteiger partial charge < -0.3 is 25.8 Å². The molecule has 0 atom stereocenters. The average Bonchev–Trinajstić information content (AvgIpc) is 2.91. The van der Waals surface area contributed by atoms with E-state index in [-0.39, 0.29) is 5.54 Å². The lowest BCUT2D eigenvalue weighted by molar-refractivity contribution is 0.0103. The van der Waals surface area contributed by atoms with Crippen LogP contribution in [0, 0.1) is 17.8 Å². The number of hydrogen-bond donors (Lipinski definition) is 3. The summed E-state index contributed by atoms with van der Waals surface area (Å²) in [4.78, 5) is 19.7. The second-order valence-corrected chi connectivity index (χ2v) is 12.8. The molecule has 0 spiro atoms. The fourth-order valence-electron chi connectivity index (χ4n) is 7.74. The molecule has 8 heteroatoms. The summed E-state index contributed by atoms with van der Waals surface area (Å²) in [6, 6.07) is 0. The van der Waals surface area contributed by atoms with Gasteiger partial charge in [0.1, 0.15) is 0 Å². The second-order valence-electron chi connectivity index (χ2n) is 12.8. The molecule has 4 aliphatic carbocycles. The van der Waals surface area contributed by atoms with Crippen LogP contribution in [0.4, 0.5) is 17.8 Å². The van der Waals surface area contributed by atoms with E-state index in [1.165, 1.54) is 77.3 Å². The molecule has 0 saturated heterocycles. The van der Waals surface area contributed by atoms with Crippen molar-refractivity contribution >= 4 is 17.8 Å². The summed E-state index contributed by atoms with van der Waals surface area (Å²) in [6.07, 6.45) is 15.4. The van der Waals surface area contributed by atoms with Crippen molar-refractivity contribution < 1.29 is 0 Å². The lowest BCUT2D eigenvalue weighted by atomic mass is 9.53. The van der Waals surface area contributed by atoms with Crippen LogP contribution in [0.15, 0.2) is 0 Å². The number of rotatable bonds is 20. The van der Waals surface area contributed by atoms with E-state index in [2.05, 4.69) is 53.4 Å². The molecule has 5 rings (SSSR count). The Kier molecular flexibility index (Phi) is 11.9. The number of unbranched alkanes of at least 4 members (excludes halogenated alkanes) is 2. The van der Waals surface area contributed by atoms with E-state index in [1.54, 1.807) is 0 Å². The first-order valence-corrected chi connectivity index (χ1v) is 16.5. The zero-order valence-electron chi connectivity index (χ0n) is 25.6. The van der Waals surface area contributed by atoms with Gasteiger partial charge >= 0.3 is 0 Å². The highest BCUT2D eigenvalue weighted by molar-refractivity contribution is 5.44. The van der Waals surface area contributed by atoms with Crippen LogP contribution in [0.25, 0.3) is 0 Å². The molecule has 0 aromatic carbocycles. The highest BCUT2D eigenvalue weighted by Gasteiger charge is 2.51. The van der Waals surface area contributed by atoms with Gasteiger partial charge in [-0.3, -0.25) is 0 Å². The summed E-state index contributed by atoms with van der Waals surface area (Å²) in [5.74, 6) is 4.84. The molecule has 222 valence electrons. The van der Waals surface area contributed by atoms with Crippen molar-refractivity contribution in [1.29, 1.82) is 0 Å². The van der Waals surface area contributed by atoms with Gasteiger partial charge in [0.25, 0.3) is 0 Å². The molecule has 0 aliphatic heterocycles. The Balaban J connectivity index is 1.36. The van der Waals surface area contributed by atoms with E-state index in [0.29, 0.717) is 11.9 Å². The van der Waals surface area contributed by atoms with Crippen molar-refractivity contribution in [2.75, 3.05) is 68.3 Å². The zero-order valence-corrected chi connectivity index (χ0v) is 25.6. The lowest BCUT2D eigenvalue weighted by Gasteiger charge is -2.56. The van der Waals surface area contributed by atoms with Gasteiger partial charge in [0.05, 0.1) is 0 Å². The Morgan fingerprint density at radius 3 is 1.51 bits per heavy atom. The first-order chi connectivity index (χ1) is 19.0. The Labute approximate surface area is 238 Å². The van der Waals surface area contributed by atoms with Crippen molar-refractivity contribution in [3.8, 4) is 0 Å². The maximum Gasteiger partial charge on any atom is 0.229 e. The monoisotopic (exact) mass is 542 g/mol. The molecule has 0 amide bonds. The molecular formula is C31H58N8. The van der Waals surface area contributed by atoms with E-state index in [0.717, 1.165) is 75.8 Å². The minimum atomic E-state index is 0.187. The minimum Gasteiger partial charge on any atom is -0.354 e. The van der Waals surface area contributed by atoms with Crippen molar-refractivity contribution in [2.24, 2.45) is 17.8 Å². The van der Waals surface area contributed by atoms with E-state index < -0.39 is 0 Å². The third-order valence-electron chi connectivity index (χ3n) is 9.47. The van der Waals surface area contributed by atoms with E-state index >= 15 is 0 Å². The fraction of sp³-hybridized carbons (Fsp3) is 0.903. The molecule has 3 N–H and O–H groups in total. The Morgan fingerprint density at radius 1 is 0.615 bits per heavy atom. The van der Waals surface area contributed by atoms with E-state index in [9.17, 15) is 0 Å². The molecule has 4 bridgehead atoms. The standard InChI is InChI=1S/C31H58N8/c1-5-9-15-39(16-10-6-2)18-12-14-33-29-34-28(32-13-11-17-38(7-3)8-4)35-30(36-29)37-31-22-25-19-26(23-31)21-27(20-25)24-31/h25-27H,5-24H2,1-4H3,(H3,32,33,34,35,36,37). The van der Waals surface area contributed by atoms with Crippen LogP contribution in [-0.2, 0) is 0 Å². The first-order valence-electron chi connectivity index (χ1n) is 16.5. The predicted octanol–water partition coefficient (Wildman–Crippen LogP) is 6.10. The molecular weight excluding hydrogens is 484 g/mol. The average molecular weight is 543 g/mol. The van der Waals surface area contributed by atoms with E-state index in [4.69, 9.17) is 15.0 Å². The Bertz CT molecular complexity index is 799. The Morgan fingerprint density at radius 2 is 1.05 bits per heavy atom. The normalized spacial score (nSPS) is 25.5. The van der Waals surface area contributed by atoms with Crippen LogP contribution in [0.5, 0.6) is 0 Å². The van der Waals surface area contributed by atoms with Gasteiger partial charge in [0, 0.05) is 18.6 Å². The minimum absolute atomic E-state index is 0.187. The molecule has 4 saturated carbocycles. The Hall–Kier alpha value is -1.67. The second kappa shape index (κ2) is 15.4. The van der Waals surface area contributed by atoms with Gasteiger partial charge in [-0.15, -0.1) is 0 Å². The smallest absolute Gasteiger partial charge is 0.229 e. The molecule has 0 radical (unpaired) electrons. The largest absolute Gasteiger partial charge is 0.354 e. The van der Waals surface area contributed by atoms with Crippen LogP contribution < -0.4 is 16.0 Å². The molecule has 0 unspecified atom stereocenters. The first kappa shape index (κ1) is 30.3. The van der Waals surface area contributed by atoms with Crippen LogP contribution in [0.3, 0.4) is 0 Å². The number of aromatic nitrogens is 3. The SMILES string of the molecule is CCCCN(CCCC)CCCNc1nc(NCCCN(CC)CC)nc(NC23CC4CC(CC(C4)C2)C3)n1. The number of hydrogen-bond acceptors (Lipinski definition) is 8. The van der Waals surface area contributed by atoms with Crippen LogP contribution in [0.2, 0.25) is 0 Å². The summed E-state index contributed by atoms with van der Waals surface area (Å²) in [6.45, 7) is 17.6. The molecule has 1 aromatic heterocycles. The van der Waals surface area contributed by atoms with Gasteiger partial charge in [-0.2, -0.15) is 15.0 Å². The van der Waals surface area contributed by atoms with Gasteiger partial charge in [0.2, 0.25) is 17.8 Å². The molecule has 39 heavy (non-hydrogen) atoms. The summed E-state index contributed by atoms with van der Waals surface area (Å²) in [7, 11) is 0. The maximum atomic E-state index is 4.90. The highest BCUT2D eigenvalue weighted by Crippen LogP contribution is 2.56. The predicted molar refractivity (Wildman–Crippen MR) is 165 cm³/mol. The number of nitrogens with one attached hydrogen (secondary N) is 3. The number of nitrogens with zero attached hydrogens (tertiary/aromatic N) is 5. The molecule has 1 heterocycles. The zero-order chi connectivity index (χ0) is 27.5. The molecule has 8 nitrogen and oxygen atoms in total. The lowest BCUT2D eigenvalue weighted by Crippen LogP contribution is -2.55. The van der Waals surface area contributed by atoms with Crippen LogP contribution >= 0.6 is 0 Å². The van der Waals surface area contributed by atoms with Crippen LogP contribution in [0.1, 0.15) is 105 Å². The molecule has 4 fully saturated rings. The van der Waals surface area contributed by atoms with Crippen molar-refractivity contribution in [1.82, 2.24) is 24.8 Å². The quantitative estimate of drug-likeness (QED) is 0.171. The third-order valence-corrected chi connectivity index (χ3v) is 9.47. The summed E-state index contributed by atoms with van der Waals surface area (Å²) >= 11 is 0. The van der Waals surface area contributed by atoms with Gasteiger partial charge in [-0.1, -0.05) is 40.5 Å². The van der Waals surface area contributed by atoms with E-state index in [1.807, 2.05) is 0 Å². The third kappa shape index (κ3) is 9.17. The summed E-state index contributed by atoms with van der Waals surface area (Å²) in [5.41, 5.74) is 0.187. The van der Waals surface area contributed by atoms with Crippen molar-refractivity contribution in [2.45, 2.75) is 110 Å². The van der Waals surface area contributed by atoms with Crippen LogP contribution in [-0.4, -0.2) is 82.6 Å². The molecule has 4 aliphatic rings. The topological polar surface area (TPSA) is 81.2 Å². The van der Waals surface area contributed by atoms with Gasteiger partial charge in [-0.05, 0) is 121 Å². The summed E-state index contributed by atoms with van der Waals surface area (Å²) < 4.78 is 0. The molecule has 1 aromatic rings. The van der Waals surface area contributed by atoms with Crippen molar-refractivity contribution in [3.05, 3.63) is 0 Å². The summed E-state index contributed by atoms with van der Waals surface area (Å²) in [5, 5.41) is 11.0. The highest BCUT2D eigenvalue weighted by atomic mass is 15.3.